The maximum atomic E-state index is 12.7. The van der Waals surface area contributed by atoms with Crippen LogP contribution >= 0.6 is 22.7 Å². The van der Waals surface area contributed by atoms with E-state index >= 15 is 0 Å². The number of rotatable bonds is 4. The normalized spacial score (nSPS) is 25.4. The molecule has 0 bridgehead atoms. The van der Waals surface area contributed by atoms with Crippen molar-refractivity contribution in [2.75, 3.05) is 10.6 Å². The SMILES string of the molecule is CC1CC(C(=O)Nc2nccs2)C(C)(C)C1C(=O)Nc1nccs1. The van der Waals surface area contributed by atoms with E-state index in [0.29, 0.717) is 16.7 Å². The Kier molecular flexibility index (Phi) is 4.69. The van der Waals surface area contributed by atoms with Crippen LogP contribution in [0.25, 0.3) is 0 Å². The number of anilines is 2. The monoisotopic (exact) mass is 364 g/mol. The molecular formula is C16H20N4O2S2. The lowest BCUT2D eigenvalue weighted by molar-refractivity contribution is -0.126. The summed E-state index contributed by atoms with van der Waals surface area (Å²) < 4.78 is 0. The van der Waals surface area contributed by atoms with E-state index in [9.17, 15) is 9.59 Å². The fourth-order valence-electron chi connectivity index (χ4n) is 3.75. The van der Waals surface area contributed by atoms with Gasteiger partial charge in [-0.25, -0.2) is 9.97 Å². The predicted molar refractivity (Wildman–Crippen MR) is 96.0 cm³/mol. The molecule has 1 saturated carbocycles. The van der Waals surface area contributed by atoms with Gasteiger partial charge in [0.15, 0.2) is 10.3 Å². The fourth-order valence-corrected chi connectivity index (χ4v) is 4.81. The fraction of sp³-hybridized carbons (Fsp3) is 0.500. The van der Waals surface area contributed by atoms with Crippen LogP contribution in [0.4, 0.5) is 10.3 Å². The standard InChI is InChI=1S/C16H20N4O2S2/c1-9-8-10(12(21)19-14-17-4-6-23-14)16(2,3)11(9)13(22)20-15-18-5-7-24-15/h4-7,9-11H,8H2,1-3H3,(H,17,19,21)(H,18,20,22). The van der Waals surface area contributed by atoms with Crippen molar-refractivity contribution in [3.05, 3.63) is 23.2 Å². The Bertz CT molecular complexity index is 713. The zero-order valence-corrected chi connectivity index (χ0v) is 15.4. The van der Waals surface area contributed by atoms with Gasteiger partial charge in [0.25, 0.3) is 0 Å². The molecule has 2 heterocycles. The molecule has 3 rings (SSSR count). The van der Waals surface area contributed by atoms with Crippen LogP contribution in [-0.2, 0) is 9.59 Å². The molecule has 3 unspecified atom stereocenters. The van der Waals surface area contributed by atoms with E-state index in [-0.39, 0.29) is 29.6 Å². The Morgan fingerprint density at radius 3 is 2.12 bits per heavy atom. The van der Waals surface area contributed by atoms with Crippen LogP contribution in [0.5, 0.6) is 0 Å². The van der Waals surface area contributed by atoms with Crippen molar-refractivity contribution in [1.82, 2.24) is 9.97 Å². The third kappa shape index (κ3) is 3.21. The van der Waals surface area contributed by atoms with Gasteiger partial charge in [0.1, 0.15) is 0 Å². The van der Waals surface area contributed by atoms with Crippen LogP contribution in [0.15, 0.2) is 23.2 Å². The maximum Gasteiger partial charge on any atom is 0.230 e. The largest absolute Gasteiger partial charge is 0.302 e. The van der Waals surface area contributed by atoms with Gasteiger partial charge in [-0.15, -0.1) is 22.7 Å². The van der Waals surface area contributed by atoms with Gasteiger partial charge in [-0.1, -0.05) is 20.8 Å². The minimum Gasteiger partial charge on any atom is -0.302 e. The Balaban J connectivity index is 1.74. The first-order chi connectivity index (χ1) is 11.4. The highest BCUT2D eigenvalue weighted by molar-refractivity contribution is 7.14. The van der Waals surface area contributed by atoms with E-state index in [0.717, 1.165) is 0 Å². The van der Waals surface area contributed by atoms with Crippen molar-refractivity contribution in [3.8, 4) is 0 Å². The van der Waals surface area contributed by atoms with E-state index in [2.05, 4.69) is 20.6 Å². The summed E-state index contributed by atoms with van der Waals surface area (Å²) >= 11 is 2.78. The summed E-state index contributed by atoms with van der Waals surface area (Å²) in [7, 11) is 0. The summed E-state index contributed by atoms with van der Waals surface area (Å²) in [6, 6.07) is 0. The summed E-state index contributed by atoms with van der Waals surface area (Å²) in [5.41, 5.74) is -0.442. The molecule has 0 aliphatic heterocycles. The first-order valence-corrected chi connectivity index (χ1v) is 9.56. The molecule has 0 spiro atoms. The van der Waals surface area contributed by atoms with Crippen molar-refractivity contribution in [1.29, 1.82) is 0 Å². The highest BCUT2D eigenvalue weighted by Crippen LogP contribution is 2.51. The lowest BCUT2D eigenvalue weighted by atomic mass is 9.73. The third-order valence-electron chi connectivity index (χ3n) is 4.80. The van der Waals surface area contributed by atoms with E-state index in [1.54, 1.807) is 12.4 Å². The van der Waals surface area contributed by atoms with Crippen molar-refractivity contribution in [2.45, 2.75) is 27.2 Å². The molecule has 1 aliphatic carbocycles. The number of thiazole rings is 2. The van der Waals surface area contributed by atoms with Crippen molar-refractivity contribution >= 4 is 44.8 Å². The molecule has 0 radical (unpaired) electrons. The average molecular weight is 364 g/mol. The molecule has 1 aliphatic rings. The topological polar surface area (TPSA) is 84.0 Å². The second kappa shape index (κ2) is 6.60. The average Bonchev–Trinajstić information content (AvgIpc) is 3.21. The van der Waals surface area contributed by atoms with Crippen molar-refractivity contribution in [3.63, 3.8) is 0 Å². The van der Waals surface area contributed by atoms with Crippen LogP contribution in [0.2, 0.25) is 0 Å². The molecule has 3 atom stereocenters. The number of amides is 2. The van der Waals surface area contributed by atoms with E-state index in [1.807, 2.05) is 31.5 Å². The number of hydrogen-bond donors (Lipinski definition) is 2. The maximum absolute atomic E-state index is 12.7. The van der Waals surface area contributed by atoms with Gasteiger partial charge in [-0.05, 0) is 17.8 Å². The Morgan fingerprint density at radius 2 is 1.62 bits per heavy atom. The molecule has 6 nitrogen and oxygen atoms in total. The molecule has 2 aromatic rings. The molecular weight excluding hydrogens is 344 g/mol. The van der Waals surface area contributed by atoms with Crippen LogP contribution < -0.4 is 10.6 Å². The van der Waals surface area contributed by atoms with Crippen molar-refractivity contribution in [2.24, 2.45) is 23.2 Å². The van der Waals surface area contributed by atoms with Gasteiger partial charge in [-0.3, -0.25) is 9.59 Å². The van der Waals surface area contributed by atoms with Gasteiger partial charge in [-0.2, -0.15) is 0 Å². The third-order valence-corrected chi connectivity index (χ3v) is 6.18. The Hall–Kier alpha value is -1.80. The lowest BCUT2D eigenvalue weighted by Gasteiger charge is -2.32. The molecule has 8 heteroatoms. The van der Waals surface area contributed by atoms with E-state index < -0.39 is 5.41 Å². The zero-order valence-electron chi connectivity index (χ0n) is 13.8. The molecule has 0 aromatic carbocycles. The van der Waals surface area contributed by atoms with E-state index in [4.69, 9.17) is 0 Å². The predicted octanol–water partition coefficient (Wildman–Crippen LogP) is 3.48. The smallest absolute Gasteiger partial charge is 0.230 e. The number of aromatic nitrogens is 2. The molecule has 128 valence electrons. The van der Waals surface area contributed by atoms with Gasteiger partial charge < -0.3 is 10.6 Å². The first-order valence-electron chi connectivity index (χ1n) is 7.80. The highest BCUT2D eigenvalue weighted by Gasteiger charge is 2.53. The minimum absolute atomic E-state index is 0.0630. The summed E-state index contributed by atoms with van der Waals surface area (Å²) in [6.07, 6.45) is 4.00. The van der Waals surface area contributed by atoms with Gasteiger partial charge in [0.2, 0.25) is 11.8 Å². The van der Waals surface area contributed by atoms with Crippen LogP contribution in [0.3, 0.4) is 0 Å². The molecule has 2 N–H and O–H groups in total. The number of nitrogens with zero attached hydrogens (tertiary/aromatic N) is 2. The second-order valence-corrected chi connectivity index (χ2v) is 8.51. The van der Waals surface area contributed by atoms with Crippen LogP contribution in [-0.4, -0.2) is 21.8 Å². The molecule has 2 amide bonds. The number of hydrogen-bond acceptors (Lipinski definition) is 6. The van der Waals surface area contributed by atoms with Crippen LogP contribution in [0, 0.1) is 23.2 Å². The van der Waals surface area contributed by atoms with Crippen molar-refractivity contribution < 1.29 is 9.59 Å². The number of nitrogens with one attached hydrogen (secondary N) is 2. The number of carbonyl (C=O) groups is 2. The summed E-state index contributed by atoms with van der Waals surface area (Å²) in [4.78, 5) is 33.6. The minimum atomic E-state index is -0.442. The molecule has 0 saturated heterocycles. The summed E-state index contributed by atoms with van der Waals surface area (Å²) in [5.74, 6) is -0.484. The summed E-state index contributed by atoms with van der Waals surface area (Å²) in [5, 5.41) is 10.6. The van der Waals surface area contributed by atoms with E-state index in [1.165, 1.54) is 22.7 Å². The molecule has 24 heavy (non-hydrogen) atoms. The second-order valence-electron chi connectivity index (χ2n) is 6.72. The molecule has 1 fully saturated rings. The zero-order chi connectivity index (χ0) is 17.3. The Morgan fingerprint density at radius 1 is 1.08 bits per heavy atom. The van der Waals surface area contributed by atoms with Gasteiger partial charge >= 0.3 is 0 Å². The number of carbonyl (C=O) groups excluding carboxylic acids is 2. The van der Waals surface area contributed by atoms with Gasteiger partial charge in [0, 0.05) is 35.0 Å². The van der Waals surface area contributed by atoms with Gasteiger partial charge in [0.05, 0.1) is 0 Å². The molecule has 2 aromatic heterocycles. The highest BCUT2D eigenvalue weighted by atomic mass is 32.1. The first kappa shape index (κ1) is 17.0. The Labute approximate surface area is 148 Å². The lowest BCUT2D eigenvalue weighted by Crippen LogP contribution is -2.39. The summed E-state index contributed by atoms with van der Waals surface area (Å²) in [6.45, 7) is 6.02. The van der Waals surface area contributed by atoms with Crippen LogP contribution in [0.1, 0.15) is 27.2 Å². The quantitative estimate of drug-likeness (QED) is 0.870.